The second kappa shape index (κ2) is 4.55. The van der Waals surface area contributed by atoms with Crippen LogP contribution in [0.25, 0.3) is 0 Å². The van der Waals surface area contributed by atoms with Gasteiger partial charge in [-0.05, 0) is 13.8 Å². The molecular weight excluding hydrogens is 210 g/mol. The summed E-state index contributed by atoms with van der Waals surface area (Å²) in [6, 6.07) is 0.234. The average molecular weight is 223 g/mol. The summed E-state index contributed by atoms with van der Waals surface area (Å²) in [5.41, 5.74) is 0. The van der Waals surface area contributed by atoms with Crippen LogP contribution in [-0.4, -0.2) is 9.97 Å². The first-order chi connectivity index (χ1) is 7.25. The van der Waals surface area contributed by atoms with Crippen molar-refractivity contribution < 1.29 is 4.42 Å². The van der Waals surface area contributed by atoms with E-state index < -0.39 is 0 Å². The van der Waals surface area contributed by atoms with Gasteiger partial charge in [0.1, 0.15) is 10.8 Å². The van der Waals surface area contributed by atoms with Crippen LogP contribution in [0.5, 0.6) is 0 Å². The minimum atomic E-state index is 0.234. The van der Waals surface area contributed by atoms with Crippen molar-refractivity contribution in [1.82, 2.24) is 15.3 Å². The first-order valence-electron chi connectivity index (χ1n) is 4.80. The maximum Gasteiger partial charge on any atom is 0.208 e. The fourth-order valence-electron chi connectivity index (χ4n) is 1.26. The van der Waals surface area contributed by atoms with Gasteiger partial charge in [-0.15, -0.1) is 11.3 Å². The van der Waals surface area contributed by atoms with Gasteiger partial charge in [0.05, 0.1) is 18.8 Å². The van der Waals surface area contributed by atoms with E-state index >= 15 is 0 Å². The van der Waals surface area contributed by atoms with Crippen LogP contribution in [0.1, 0.15) is 29.6 Å². The van der Waals surface area contributed by atoms with Gasteiger partial charge < -0.3 is 4.42 Å². The Bertz CT molecular complexity index is 410. The fourth-order valence-corrected chi connectivity index (χ4v) is 1.93. The molecule has 1 N–H and O–H groups in total. The van der Waals surface area contributed by atoms with Crippen LogP contribution in [-0.2, 0) is 6.54 Å². The highest BCUT2D eigenvalue weighted by molar-refractivity contribution is 7.09. The zero-order valence-electron chi connectivity index (χ0n) is 8.73. The molecule has 0 aromatic carbocycles. The monoisotopic (exact) mass is 223 g/mol. The fraction of sp³-hybridized carbons (Fsp3) is 0.400. The highest BCUT2D eigenvalue weighted by Gasteiger charge is 2.08. The lowest BCUT2D eigenvalue weighted by Crippen LogP contribution is -2.17. The van der Waals surface area contributed by atoms with Crippen molar-refractivity contribution in [2.24, 2.45) is 0 Å². The number of nitrogens with one attached hydrogen (secondary N) is 1. The summed E-state index contributed by atoms with van der Waals surface area (Å²) >= 11 is 1.65. The molecule has 0 spiro atoms. The molecule has 0 radical (unpaired) electrons. The number of rotatable bonds is 4. The molecular formula is C10H13N3OS. The van der Waals surface area contributed by atoms with E-state index in [0.29, 0.717) is 6.54 Å². The summed E-state index contributed by atoms with van der Waals surface area (Å²) in [6.07, 6.45) is 3.54. The Hall–Kier alpha value is -1.20. The Morgan fingerprint density at radius 3 is 3.00 bits per heavy atom. The van der Waals surface area contributed by atoms with E-state index in [1.165, 1.54) is 0 Å². The Balaban J connectivity index is 1.88. The average Bonchev–Trinajstić information content (AvgIpc) is 2.84. The van der Waals surface area contributed by atoms with Crippen LogP contribution in [0, 0.1) is 6.92 Å². The van der Waals surface area contributed by atoms with Crippen molar-refractivity contribution in [1.29, 1.82) is 0 Å². The minimum Gasteiger partial charge on any atom is -0.445 e. The summed E-state index contributed by atoms with van der Waals surface area (Å²) in [5.74, 6) is 1.56. The lowest BCUT2D eigenvalue weighted by Gasteiger charge is -2.08. The number of thiazole rings is 1. The van der Waals surface area contributed by atoms with Crippen molar-refractivity contribution in [2.75, 3.05) is 0 Å². The van der Waals surface area contributed by atoms with Gasteiger partial charge in [0.15, 0.2) is 0 Å². The zero-order chi connectivity index (χ0) is 10.7. The van der Waals surface area contributed by atoms with Crippen molar-refractivity contribution in [3.63, 3.8) is 0 Å². The van der Waals surface area contributed by atoms with Crippen LogP contribution >= 0.6 is 11.3 Å². The van der Waals surface area contributed by atoms with Gasteiger partial charge in [0.2, 0.25) is 5.89 Å². The number of hydrogen-bond donors (Lipinski definition) is 1. The summed E-state index contributed by atoms with van der Waals surface area (Å²) in [5, 5.41) is 6.36. The number of nitrogens with zero attached hydrogens (tertiary/aromatic N) is 2. The predicted octanol–water partition coefficient (Wildman–Crippen LogP) is 2.29. The maximum absolute atomic E-state index is 5.36. The van der Waals surface area contributed by atoms with E-state index in [4.69, 9.17) is 4.42 Å². The quantitative estimate of drug-likeness (QED) is 0.864. The molecule has 0 saturated heterocycles. The van der Waals surface area contributed by atoms with Gasteiger partial charge in [-0.3, -0.25) is 5.32 Å². The molecule has 0 aliphatic heterocycles. The molecule has 2 aromatic heterocycles. The third-order valence-electron chi connectivity index (χ3n) is 2.05. The van der Waals surface area contributed by atoms with E-state index in [1.54, 1.807) is 17.5 Å². The lowest BCUT2D eigenvalue weighted by atomic mass is 10.3. The van der Waals surface area contributed by atoms with Crippen molar-refractivity contribution in [3.05, 3.63) is 34.4 Å². The summed E-state index contributed by atoms with van der Waals surface area (Å²) in [4.78, 5) is 8.36. The van der Waals surface area contributed by atoms with E-state index in [-0.39, 0.29) is 6.04 Å². The molecule has 0 aliphatic rings. The topological polar surface area (TPSA) is 51.0 Å². The Morgan fingerprint density at radius 2 is 2.40 bits per heavy atom. The van der Waals surface area contributed by atoms with Crippen LogP contribution in [0.3, 0.4) is 0 Å². The van der Waals surface area contributed by atoms with Gasteiger partial charge in [-0.2, -0.15) is 0 Å². The molecule has 0 fully saturated rings. The molecule has 15 heavy (non-hydrogen) atoms. The van der Waals surface area contributed by atoms with Crippen LogP contribution < -0.4 is 5.32 Å². The second-order valence-electron chi connectivity index (χ2n) is 3.34. The zero-order valence-corrected chi connectivity index (χ0v) is 9.54. The van der Waals surface area contributed by atoms with E-state index in [2.05, 4.69) is 22.2 Å². The number of aromatic nitrogens is 2. The van der Waals surface area contributed by atoms with Crippen LogP contribution in [0.4, 0.5) is 0 Å². The Morgan fingerprint density at radius 1 is 1.53 bits per heavy atom. The number of hydrogen-bond acceptors (Lipinski definition) is 5. The van der Waals surface area contributed by atoms with Gasteiger partial charge in [-0.1, -0.05) is 0 Å². The minimum absolute atomic E-state index is 0.234. The maximum atomic E-state index is 5.36. The molecule has 80 valence electrons. The number of oxazole rings is 1. The van der Waals surface area contributed by atoms with E-state index in [9.17, 15) is 0 Å². The SMILES string of the molecule is Cc1cnc(CNC(C)c2nccs2)o1. The molecule has 2 heterocycles. The summed E-state index contributed by atoms with van der Waals surface area (Å²) in [6.45, 7) is 4.60. The lowest BCUT2D eigenvalue weighted by molar-refractivity contribution is 0.432. The van der Waals surface area contributed by atoms with E-state index in [0.717, 1.165) is 16.7 Å². The van der Waals surface area contributed by atoms with Gasteiger partial charge in [0.25, 0.3) is 0 Å². The molecule has 5 heteroatoms. The molecule has 4 nitrogen and oxygen atoms in total. The molecule has 2 aromatic rings. The smallest absolute Gasteiger partial charge is 0.208 e. The summed E-state index contributed by atoms with van der Waals surface area (Å²) in [7, 11) is 0. The second-order valence-corrected chi connectivity index (χ2v) is 4.26. The molecule has 1 atom stereocenters. The predicted molar refractivity (Wildman–Crippen MR) is 58.6 cm³/mol. The van der Waals surface area contributed by atoms with Crippen LogP contribution in [0.15, 0.2) is 22.2 Å². The first-order valence-corrected chi connectivity index (χ1v) is 5.68. The number of aryl methyl sites for hydroxylation is 1. The highest BCUT2D eigenvalue weighted by Crippen LogP contribution is 2.15. The standard InChI is InChI=1S/C10H13N3OS/c1-7-5-13-9(14-7)6-12-8(2)10-11-3-4-15-10/h3-5,8,12H,6H2,1-2H3. The molecule has 0 saturated carbocycles. The summed E-state index contributed by atoms with van der Waals surface area (Å²) < 4.78 is 5.36. The molecule has 2 rings (SSSR count). The van der Waals surface area contributed by atoms with E-state index in [1.807, 2.05) is 18.5 Å². The van der Waals surface area contributed by atoms with Gasteiger partial charge in [0, 0.05) is 11.6 Å². The Kier molecular flexibility index (Phi) is 3.13. The molecule has 0 aliphatic carbocycles. The van der Waals surface area contributed by atoms with Gasteiger partial charge >= 0.3 is 0 Å². The third kappa shape index (κ3) is 2.64. The molecule has 0 amide bonds. The normalized spacial score (nSPS) is 12.9. The third-order valence-corrected chi connectivity index (χ3v) is 3.01. The van der Waals surface area contributed by atoms with Crippen molar-refractivity contribution in [3.8, 4) is 0 Å². The molecule has 0 bridgehead atoms. The van der Waals surface area contributed by atoms with Crippen molar-refractivity contribution in [2.45, 2.75) is 26.4 Å². The first kappa shape index (κ1) is 10.3. The van der Waals surface area contributed by atoms with Crippen LogP contribution in [0.2, 0.25) is 0 Å². The Labute approximate surface area is 92.4 Å². The highest BCUT2D eigenvalue weighted by atomic mass is 32.1. The largest absolute Gasteiger partial charge is 0.445 e. The van der Waals surface area contributed by atoms with Gasteiger partial charge in [-0.25, -0.2) is 9.97 Å². The molecule has 1 unspecified atom stereocenters. The van der Waals surface area contributed by atoms with Crippen molar-refractivity contribution >= 4 is 11.3 Å².